The van der Waals surface area contributed by atoms with Crippen LogP contribution in [0, 0.1) is 6.92 Å². The molecule has 0 fully saturated rings. The fourth-order valence-electron chi connectivity index (χ4n) is 1.82. The van der Waals surface area contributed by atoms with E-state index in [0.717, 1.165) is 5.69 Å². The topological polar surface area (TPSA) is 25.8 Å². The number of pyridine rings is 2. The minimum Gasteiger partial charge on any atom is -0.264 e. The second kappa shape index (κ2) is 7.67. The summed E-state index contributed by atoms with van der Waals surface area (Å²) in [7, 11) is 0. The van der Waals surface area contributed by atoms with E-state index in [4.69, 9.17) is 0 Å². The Kier molecular flexibility index (Phi) is 6.20. The third-order valence-electron chi connectivity index (χ3n) is 3.02. The van der Waals surface area contributed by atoms with Gasteiger partial charge in [-0.25, -0.2) is 0 Å². The number of rotatable bonds is 2. The highest BCUT2D eigenvalue weighted by Gasteiger charge is 2.00. The first-order chi connectivity index (χ1) is 9.02. The van der Waals surface area contributed by atoms with Gasteiger partial charge in [0.15, 0.2) is 0 Å². The molecule has 0 spiro atoms. The minimum atomic E-state index is 0.591. The first-order valence-electron chi connectivity index (χ1n) is 6.83. The van der Waals surface area contributed by atoms with Crippen molar-refractivity contribution in [3.8, 4) is 0 Å². The van der Waals surface area contributed by atoms with Gasteiger partial charge in [0.2, 0.25) is 0 Å². The molecule has 0 aliphatic heterocycles. The van der Waals surface area contributed by atoms with Crippen molar-refractivity contribution in [1.29, 1.82) is 0 Å². The Labute approximate surface area is 116 Å². The molecule has 2 heteroatoms. The first-order valence-corrected chi connectivity index (χ1v) is 6.83. The Morgan fingerprint density at radius 3 is 1.95 bits per heavy atom. The van der Waals surface area contributed by atoms with Crippen LogP contribution < -0.4 is 0 Å². The second-order valence-corrected chi connectivity index (χ2v) is 5.27. The predicted molar refractivity (Wildman–Crippen MR) is 81.4 cm³/mol. The summed E-state index contributed by atoms with van der Waals surface area (Å²) in [6, 6.07) is 8.18. The Bertz CT molecular complexity index is 476. The standard InChI is InChI=1S/C9H13N.C8H11N/c1-7(2)9-5-4-6-10-8(9)3;1-7(2)8-4-3-5-9-6-8/h4-7H,1-3H3;3-7H,1-2H3. The number of hydrogen-bond donors (Lipinski definition) is 0. The highest BCUT2D eigenvalue weighted by molar-refractivity contribution is 5.21. The molecule has 0 aromatic carbocycles. The van der Waals surface area contributed by atoms with E-state index < -0.39 is 0 Å². The van der Waals surface area contributed by atoms with Crippen molar-refractivity contribution in [3.63, 3.8) is 0 Å². The van der Waals surface area contributed by atoms with Gasteiger partial charge in [0.1, 0.15) is 0 Å². The molecular weight excluding hydrogens is 232 g/mol. The van der Waals surface area contributed by atoms with Crippen molar-refractivity contribution in [1.82, 2.24) is 9.97 Å². The zero-order valence-electron chi connectivity index (χ0n) is 12.6. The molecule has 0 saturated heterocycles. The van der Waals surface area contributed by atoms with Gasteiger partial charge in [-0.05, 0) is 42.0 Å². The van der Waals surface area contributed by atoms with Gasteiger partial charge in [-0.15, -0.1) is 0 Å². The van der Waals surface area contributed by atoms with Crippen molar-refractivity contribution < 1.29 is 0 Å². The third kappa shape index (κ3) is 5.21. The van der Waals surface area contributed by atoms with Crippen LogP contribution in [0.2, 0.25) is 0 Å². The summed E-state index contributed by atoms with van der Waals surface area (Å²) in [6.07, 6.45) is 5.54. The maximum atomic E-state index is 4.20. The molecule has 0 radical (unpaired) electrons. The number of aromatic nitrogens is 2. The summed E-state index contributed by atoms with van der Waals surface area (Å²) in [5.74, 6) is 1.19. The zero-order valence-corrected chi connectivity index (χ0v) is 12.6. The van der Waals surface area contributed by atoms with E-state index in [-0.39, 0.29) is 0 Å². The fraction of sp³-hybridized carbons (Fsp3) is 0.412. The van der Waals surface area contributed by atoms with E-state index in [9.17, 15) is 0 Å². The quantitative estimate of drug-likeness (QED) is 0.777. The molecule has 0 unspecified atom stereocenters. The van der Waals surface area contributed by atoms with E-state index in [2.05, 4.69) is 56.7 Å². The van der Waals surface area contributed by atoms with Gasteiger partial charge in [0.05, 0.1) is 0 Å². The van der Waals surface area contributed by atoms with Gasteiger partial charge in [-0.2, -0.15) is 0 Å². The monoisotopic (exact) mass is 256 g/mol. The van der Waals surface area contributed by atoms with Gasteiger partial charge in [0.25, 0.3) is 0 Å². The number of hydrogen-bond acceptors (Lipinski definition) is 2. The molecule has 0 N–H and O–H groups in total. The van der Waals surface area contributed by atoms with Crippen molar-refractivity contribution in [2.75, 3.05) is 0 Å². The zero-order chi connectivity index (χ0) is 14.3. The summed E-state index contributed by atoms with van der Waals surface area (Å²) in [5.41, 5.74) is 3.80. The highest BCUT2D eigenvalue weighted by Crippen LogP contribution is 2.15. The Hall–Kier alpha value is -1.70. The molecule has 0 amide bonds. The molecule has 2 nitrogen and oxygen atoms in total. The average Bonchev–Trinajstić information content (AvgIpc) is 2.40. The molecule has 0 saturated carbocycles. The van der Waals surface area contributed by atoms with E-state index in [1.807, 2.05) is 24.5 Å². The van der Waals surface area contributed by atoms with Crippen LogP contribution in [0.4, 0.5) is 0 Å². The van der Waals surface area contributed by atoms with Crippen molar-refractivity contribution in [2.24, 2.45) is 0 Å². The third-order valence-corrected chi connectivity index (χ3v) is 3.02. The van der Waals surface area contributed by atoms with Gasteiger partial charge < -0.3 is 0 Å². The van der Waals surface area contributed by atoms with Crippen LogP contribution in [-0.4, -0.2) is 9.97 Å². The molecule has 2 aromatic heterocycles. The molecule has 0 aliphatic rings. The average molecular weight is 256 g/mol. The fourth-order valence-corrected chi connectivity index (χ4v) is 1.82. The lowest BCUT2D eigenvalue weighted by molar-refractivity contribution is 0.843. The number of nitrogens with zero attached hydrogens (tertiary/aromatic N) is 2. The summed E-state index contributed by atoms with van der Waals surface area (Å²) in [6.45, 7) is 10.7. The first kappa shape index (κ1) is 15.4. The van der Waals surface area contributed by atoms with Crippen LogP contribution in [0.15, 0.2) is 42.9 Å². The second-order valence-electron chi connectivity index (χ2n) is 5.27. The largest absolute Gasteiger partial charge is 0.264 e. The van der Waals surface area contributed by atoms with Crippen LogP contribution in [0.3, 0.4) is 0 Å². The van der Waals surface area contributed by atoms with Crippen LogP contribution >= 0.6 is 0 Å². The summed E-state index contributed by atoms with van der Waals surface area (Å²) in [5, 5.41) is 0. The minimum absolute atomic E-state index is 0.591. The summed E-state index contributed by atoms with van der Waals surface area (Å²) >= 11 is 0. The maximum absolute atomic E-state index is 4.20. The molecule has 0 atom stereocenters. The molecule has 0 aliphatic carbocycles. The van der Waals surface area contributed by atoms with Gasteiger partial charge in [0, 0.05) is 24.3 Å². The Morgan fingerprint density at radius 2 is 1.58 bits per heavy atom. The van der Waals surface area contributed by atoms with Crippen LogP contribution in [-0.2, 0) is 0 Å². The van der Waals surface area contributed by atoms with E-state index in [0.29, 0.717) is 11.8 Å². The molecule has 2 aromatic rings. The Balaban J connectivity index is 0.000000191. The lowest BCUT2D eigenvalue weighted by Crippen LogP contribution is -1.92. The molecule has 2 heterocycles. The van der Waals surface area contributed by atoms with E-state index in [1.54, 1.807) is 6.20 Å². The molecule has 2 rings (SSSR count). The predicted octanol–water partition coefficient (Wildman–Crippen LogP) is 4.72. The summed E-state index contributed by atoms with van der Waals surface area (Å²) in [4.78, 5) is 8.21. The van der Waals surface area contributed by atoms with E-state index >= 15 is 0 Å². The molecule has 102 valence electrons. The molecule has 0 bridgehead atoms. The maximum Gasteiger partial charge on any atom is 0.0407 e. The van der Waals surface area contributed by atoms with Gasteiger partial charge >= 0.3 is 0 Å². The summed E-state index contributed by atoms with van der Waals surface area (Å²) < 4.78 is 0. The van der Waals surface area contributed by atoms with Gasteiger partial charge in [-0.3, -0.25) is 9.97 Å². The van der Waals surface area contributed by atoms with Crippen LogP contribution in [0.5, 0.6) is 0 Å². The van der Waals surface area contributed by atoms with Crippen LogP contribution in [0.25, 0.3) is 0 Å². The van der Waals surface area contributed by atoms with Crippen LogP contribution in [0.1, 0.15) is 56.4 Å². The van der Waals surface area contributed by atoms with Gasteiger partial charge in [-0.1, -0.05) is 39.8 Å². The SMILES string of the molecule is CC(C)c1cccnc1.Cc1ncccc1C(C)C. The van der Waals surface area contributed by atoms with Crippen molar-refractivity contribution in [2.45, 2.75) is 46.5 Å². The molecule has 19 heavy (non-hydrogen) atoms. The normalized spacial score (nSPS) is 10.3. The lowest BCUT2D eigenvalue weighted by atomic mass is 10.0. The highest BCUT2D eigenvalue weighted by atomic mass is 14.7. The van der Waals surface area contributed by atoms with Crippen molar-refractivity contribution in [3.05, 3.63) is 59.7 Å². The Morgan fingerprint density at radius 1 is 0.895 bits per heavy atom. The van der Waals surface area contributed by atoms with Crippen molar-refractivity contribution >= 4 is 0 Å². The van der Waals surface area contributed by atoms with E-state index in [1.165, 1.54) is 11.1 Å². The molecular formula is C17H24N2. The smallest absolute Gasteiger partial charge is 0.0407 e. The number of aryl methyl sites for hydroxylation is 1. The lowest BCUT2D eigenvalue weighted by Gasteiger charge is -2.06.